The SMILES string of the molecule is CP(C)(=O)C(=O)COc1cccc(C(F)(F)F)c1. The van der Waals surface area contributed by atoms with Gasteiger partial charge in [0.25, 0.3) is 0 Å². The first kappa shape index (κ1) is 14.8. The van der Waals surface area contributed by atoms with Gasteiger partial charge in [0.05, 0.1) is 5.56 Å². The van der Waals surface area contributed by atoms with Crippen LogP contribution in [0.25, 0.3) is 0 Å². The minimum atomic E-state index is -4.46. The van der Waals surface area contributed by atoms with Gasteiger partial charge in [-0.3, -0.25) is 4.79 Å². The maximum absolute atomic E-state index is 12.4. The van der Waals surface area contributed by atoms with E-state index in [9.17, 15) is 22.5 Å². The molecule has 0 heterocycles. The van der Waals surface area contributed by atoms with Crippen molar-refractivity contribution in [3.63, 3.8) is 0 Å². The fraction of sp³-hybridized carbons (Fsp3) is 0.364. The molecule has 0 unspecified atom stereocenters. The number of carbonyl (C=O) groups is 1. The quantitative estimate of drug-likeness (QED) is 0.795. The predicted molar refractivity (Wildman–Crippen MR) is 61.4 cm³/mol. The minimum Gasteiger partial charge on any atom is -0.485 e. The Hall–Kier alpha value is -1.29. The van der Waals surface area contributed by atoms with E-state index in [1.54, 1.807) is 0 Å². The monoisotopic (exact) mass is 280 g/mol. The van der Waals surface area contributed by atoms with Crippen LogP contribution in [0.15, 0.2) is 24.3 Å². The third-order valence-electron chi connectivity index (χ3n) is 2.12. The average Bonchev–Trinajstić information content (AvgIpc) is 2.23. The van der Waals surface area contributed by atoms with Crippen LogP contribution in [-0.2, 0) is 15.5 Å². The number of rotatable bonds is 4. The van der Waals surface area contributed by atoms with Crippen molar-refractivity contribution >= 4 is 12.7 Å². The van der Waals surface area contributed by atoms with Gasteiger partial charge in [0.1, 0.15) is 12.9 Å². The summed E-state index contributed by atoms with van der Waals surface area (Å²) in [6.07, 6.45) is -4.46. The van der Waals surface area contributed by atoms with Crippen molar-refractivity contribution in [3.8, 4) is 5.75 Å². The number of carbonyl (C=O) groups excluding carboxylic acids is 1. The van der Waals surface area contributed by atoms with E-state index in [-0.39, 0.29) is 5.75 Å². The van der Waals surface area contributed by atoms with Crippen LogP contribution < -0.4 is 4.74 Å². The van der Waals surface area contributed by atoms with Crippen molar-refractivity contribution in [3.05, 3.63) is 29.8 Å². The summed E-state index contributed by atoms with van der Waals surface area (Å²) < 4.78 is 53.4. The molecule has 1 aromatic carbocycles. The molecule has 0 spiro atoms. The molecule has 0 aromatic heterocycles. The smallest absolute Gasteiger partial charge is 0.416 e. The molecule has 0 atom stereocenters. The van der Waals surface area contributed by atoms with Crippen LogP contribution >= 0.6 is 7.14 Å². The second kappa shape index (κ2) is 5.14. The Morgan fingerprint density at radius 1 is 1.33 bits per heavy atom. The van der Waals surface area contributed by atoms with Crippen LogP contribution in [0.4, 0.5) is 13.2 Å². The fourth-order valence-corrected chi connectivity index (χ4v) is 1.44. The summed E-state index contributed by atoms with van der Waals surface area (Å²) in [5, 5.41) is 0. The first-order valence-electron chi connectivity index (χ1n) is 4.99. The van der Waals surface area contributed by atoms with Gasteiger partial charge in [-0.2, -0.15) is 13.2 Å². The Kier molecular flexibility index (Phi) is 4.22. The van der Waals surface area contributed by atoms with E-state index < -0.39 is 31.0 Å². The largest absolute Gasteiger partial charge is 0.485 e. The lowest BCUT2D eigenvalue weighted by Gasteiger charge is -2.10. The maximum atomic E-state index is 12.4. The fourth-order valence-electron chi connectivity index (χ4n) is 1.06. The summed E-state index contributed by atoms with van der Waals surface area (Å²) in [5.74, 6) is -0.0772. The van der Waals surface area contributed by atoms with Crippen molar-refractivity contribution < 1.29 is 27.3 Å². The molecule has 0 saturated heterocycles. The molecule has 18 heavy (non-hydrogen) atoms. The van der Waals surface area contributed by atoms with Crippen LogP contribution in [-0.4, -0.2) is 25.5 Å². The number of benzene rings is 1. The van der Waals surface area contributed by atoms with E-state index in [4.69, 9.17) is 4.74 Å². The molecule has 1 rings (SSSR count). The van der Waals surface area contributed by atoms with E-state index in [1.807, 2.05) is 0 Å². The lowest BCUT2D eigenvalue weighted by atomic mass is 10.2. The summed E-state index contributed by atoms with van der Waals surface area (Å²) >= 11 is 0. The third kappa shape index (κ3) is 4.18. The summed E-state index contributed by atoms with van der Waals surface area (Å²) in [5.41, 5.74) is -1.47. The number of hydrogen-bond acceptors (Lipinski definition) is 3. The molecule has 0 bridgehead atoms. The summed E-state index contributed by atoms with van der Waals surface area (Å²) in [4.78, 5) is 11.3. The zero-order valence-corrected chi connectivity index (χ0v) is 10.7. The zero-order valence-electron chi connectivity index (χ0n) is 9.82. The van der Waals surface area contributed by atoms with Crippen LogP contribution in [0.2, 0.25) is 0 Å². The van der Waals surface area contributed by atoms with Crippen molar-refractivity contribution in [1.82, 2.24) is 0 Å². The van der Waals surface area contributed by atoms with E-state index in [1.165, 1.54) is 25.5 Å². The van der Waals surface area contributed by atoms with Crippen molar-refractivity contribution in [2.45, 2.75) is 6.18 Å². The number of hydrogen-bond donors (Lipinski definition) is 0. The Morgan fingerprint density at radius 2 is 1.94 bits per heavy atom. The van der Waals surface area contributed by atoms with Crippen LogP contribution in [0, 0.1) is 0 Å². The van der Waals surface area contributed by atoms with Gasteiger partial charge < -0.3 is 9.30 Å². The number of alkyl halides is 3. The average molecular weight is 280 g/mol. The molecule has 7 heteroatoms. The van der Waals surface area contributed by atoms with Crippen molar-refractivity contribution in [1.29, 1.82) is 0 Å². The molecule has 0 aliphatic heterocycles. The van der Waals surface area contributed by atoms with Crippen molar-refractivity contribution in [2.75, 3.05) is 19.9 Å². The predicted octanol–water partition coefficient (Wildman–Crippen LogP) is 3.23. The van der Waals surface area contributed by atoms with E-state index in [0.717, 1.165) is 12.1 Å². The maximum Gasteiger partial charge on any atom is 0.416 e. The molecule has 0 radical (unpaired) electrons. The van der Waals surface area contributed by atoms with E-state index >= 15 is 0 Å². The second-order valence-corrected chi connectivity index (χ2v) is 7.26. The van der Waals surface area contributed by atoms with Gasteiger partial charge in [0, 0.05) is 0 Å². The molecule has 0 amide bonds. The van der Waals surface area contributed by atoms with Crippen LogP contribution in [0.5, 0.6) is 5.75 Å². The second-order valence-electron chi connectivity index (χ2n) is 4.06. The van der Waals surface area contributed by atoms with Gasteiger partial charge in [-0.15, -0.1) is 0 Å². The molecule has 100 valence electrons. The Morgan fingerprint density at radius 3 is 2.44 bits per heavy atom. The van der Waals surface area contributed by atoms with Gasteiger partial charge in [0.15, 0.2) is 6.61 Å². The first-order valence-corrected chi connectivity index (χ1v) is 7.59. The summed E-state index contributed by atoms with van der Waals surface area (Å²) in [6, 6.07) is 4.18. The molecule has 0 N–H and O–H groups in total. The van der Waals surface area contributed by atoms with Gasteiger partial charge in [-0.05, 0) is 31.5 Å². The lowest BCUT2D eigenvalue weighted by molar-refractivity contribution is -0.137. The highest BCUT2D eigenvalue weighted by Gasteiger charge is 2.30. The highest BCUT2D eigenvalue weighted by atomic mass is 31.2. The third-order valence-corrected chi connectivity index (χ3v) is 3.45. The lowest BCUT2D eigenvalue weighted by Crippen LogP contribution is -2.11. The standard InChI is InChI=1S/C11H12F3O3P/c1-18(2,16)10(15)7-17-9-5-3-4-8(6-9)11(12,13)14/h3-6H,7H2,1-2H3. The first-order chi connectivity index (χ1) is 8.10. The van der Waals surface area contributed by atoms with Crippen LogP contribution in [0.3, 0.4) is 0 Å². The highest BCUT2D eigenvalue weighted by Crippen LogP contribution is 2.37. The molecule has 0 saturated carbocycles. The summed E-state index contributed by atoms with van der Waals surface area (Å²) in [6.45, 7) is 2.07. The topological polar surface area (TPSA) is 43.4 Å². The number of ether oxygens (including phenoxy) is 1. The Labute approximate surface area is 102 Å². The van der Waals surface area contributed by atoms with E-state index in [0.29, 0.717) is 0 Å². The summed E-state index contributed by atoms with van der Waals surface area (Å²) in [7, 11) is -2.92. The Balaban J connectivity index is 2.76. The molecular weight excluding hydrogens is 268 g/mol. The molecule has 1 aromatic rings. The molecule has 0 aliphatic carbocycles. The highest BCUT2D eigenvalue weighted by molar-refractivity contribution is 7.79. The van der Waals surface area contributed by atoms with Gasteiger partial charge >= 0.3 is 6.18 Å². The van der Waals surface area contributed by atoms with Crippen LogP contribution in [0.1, 0.15) is 5.56 Å². The minimum absolute atomic E-state index is 0.0772. The van der Waals surface area contributed by atoms with Crippen molar-refractivity contribution in [2.24, 2.45) is 0 Å². The van der Waals surface area contributed by atoms with Gasteiger partial charge in [-0.1, -0.05) is 6.07 Å². The molecule has 0 fully saturated rings. The molecule has 0 aliphatic rings. The molecule has 3 nitrogen and oxygen atoms in total. The van der Waals surface area contributed by atoms with E-state index in [2.05, 4.69) is 0 Å². The Bertz CT molecular complexity index is 491. The zero-order chi connectivity index (χ0) is 14.0. The normalized spacial score (nSPS) is 12.3. The van der Waals surface area contributed by atoms with Gasteiger partial charge in [-0.25, -0.2) is 0 Å². The van der Waals surface area contributed by atoms with Gasteiger partial charge in [0.2, 0.25) is 5.52 Å². The molecular formula is C11H12F3O3P. The number of halogens is 3.